The van der Waals surface area contributed by atoms with E-state index in [-0.39, 0.29) is 11.7 Å². The van der Waals surface area contributed by atoms with Crippen molar-refractivity contribution in [1.82, 2.24) is 0 Å². The van der Waals surface area contributed by atoms with Gasteiger partial charge < -0.3 is 14.5 Å². The first kappa shape index (κ1) is 12.7. The number of nitrogens with one attached hydrogen (secondary N) is 1. The van der Waals surface area contributed by atoms with Gasteiger partial charge in [-0.05, 0) is 31.2 Å². The van der Waals surface area contributed by atoms with Gasteiger partial charge in [0.1, 0.15) is 11.5 Å². The van der Waals surface area contributed by atoms with Crippen LogP contribution in [0.25, 0.3) is 0 Å². The minimum atomic E-state index is -0.365. The molecule has 2 aromatic rings. The number of furan rings is 1. The van der Waals surface area contributed by atoms with Gasteiger partial charge in [0.05, 0.1) is 24.4 Å². The van der Waals surface area contributed by atoms with Gasteiger partial charge in [-0.3, -0.25) is 4.79 Å². The molecule has 1 aromatic carbocycles. The normalized spacial score (nSPS) is 9.74. The van der Waals surface area contributed by atoms with Gasteiger partial charge in [-0.15, -0.1) is 0 Å². The molecular formula is C14H12N2O3. The number of carbonyl (C=O) groups is 1. The quantitative estimate of drug-likeness (QED) is 0.916. The molecule has 1 N–H and O–H groups in total. The van der Waals surface area contributed by atoms with Crippen molar-refractivity contribution in [3.63, 3.8) is 0 Å². The molecule has 0 saturated heterocycles. The van der Waals surface area contributed by atoms with E-state index in [1.54, 1.807) is 37.3 Å². The largest absolute Gasteiger partial charge is 0.495 e. The van der Waals surface area contributed by atoms with Crippen LogP contribution < -0.4 is 10.1 Å². The van der Waals surface area contributed by atoms with E-state index in [4.69, 9.17) is 14.4 Å². The molecule has 0 radical (unpaired) electrons. The summed E-state index contributed by atoms with van der Waals surface area (Å²) in [6.45, 7) is 1.76. The third-order valence-electron chi connectivity index (χ3n) is 2.54. The maximum absolute atomic E-state index is 11.9. The molecular weight excluding hydrogens is 244 g/mol. The van der Waals surface area contributed by atoms with Crippen molar-refractivity contribution < 1.29 is 13.9 Å². The summed E-state index contributed by atoms with van der Waals surface area (Å²) >= 11 is 0. The maximum atomic E-state index is 11.9. The van der Waals surface area contributed by atoms with Crippen LogP contribution in [-0.4, -0.2) is 13.0 Å². The predicted octanol–water partition coefficient (Wildman–Crippen LogP) is 2.72. The lowest BCUT2D eigenvalue weighted by Crippen LogP contribution is -2.11. The van der Waals surface area contributed by atoms with Gasteiger partial charge in [0.2, 0.25) is 0 Å². The number of benzene rings is 1. The highest BCUT2D eigenvalue weighted by Gasteiger charge is 2.13. The number of rotatable bonds is 3. The number of carbonyl (C=O) groups excluding carboxylic acids is 1. The van der Waals surface area contributed by atoms with Crippen LogP contribution in [0.3, 0.4) is 0 Å². The van der Waals surface area contributed by atoms with Crippen LogP contribution >= 0.6 is 0 Å². The van der Waals surface area contributed by atoms with Crippen molar-refractivity contribution >= 4 is 11.6 Å². The fourth-order valence-electron chi connectivity index (χ4n) is 1.60. The molecule has 96 valence electrons. The highest BCUT2D eigenvalue weighted by molar-refractivity contribution is 6.03. The van der Waals surface area contributed by atoms with Crippen LogP contribution in [0, 0.1) is 18.3 Å². The average molecular weight is 256 g/mol. The number of anilines is 1. The van der Waals surface area contributed by atoms with Gasteiger partial charge in [0, 0.05) is 6.07 Å². The van der Waals surface area contributed by atoms with Gasteiger partial charge in [0.25, 0.3) is 5.91 Å². The number of amides is 1. The van der Waals surface area contributed by atoms with E-state index in [1.807, 2.05) is 6.07 Å². The van der Waals surface area contributed by atoms with Crippen molar-refractivity contribution in [3.05, 3.63) is 47.4 Å². The summed E-state index contributed by atoms with van der Waals surface area (Å²) in [5.74, 6) is 0.952. The maximum Gasteiger partial charge on any atom is 0.291 e. The molecule has 1 amide bonds. The van der Waals surface area contributed by atoms with E-state index < -0.39 is 0 Å². The molecule has 1 aromatic heterocycles. The summed E-state index contributed by atoms with van der Waals surface area (Å²) in [7, 11) is 1.48. The molecule has 1 heterocycles. The number of nitriles is 1. The topological polar surface area (TPSA) is 75.3 Å². The Balaban J connectivity index is 2.24. The Hall–Kier alpha value is -2.74. The lowest BCUT2D eigenvalue weighted by molar-refractivity contribution is 0.0995. The first-order valence-corrected chi connectivity index (χ1v) is 5.60. The SMILES string of the molecule is COc1cc(C#N)ccc1NC(=O)c1ccc(C)o1. The Morgan fingerprint density at radius 3 is 2.74 bits per heavy atom. The Kier molecular flexibility index (Phi) is 3.53. The van der Waals surface area contributed by atoms with Crippen LogP contribution in [0.5, 0.6) is 5.75 Å². The Morgan fingerprint density at radius 1 is 1.37 bits per heavy atom. The minimum Gasteiger partial charge on any atom is -0.495 e. The first-order valence-electron chi connectivity index (χ1n) is 5.60. The molecule has 0 aliphatic heterocycles. The molecule has 5 nitrogen and oxygen atoms in total. The molecule has 0 aliphatic carbocycles. The van der Waals surface area contributed by atoms with Crippen LogP contribution in [0.1, 0.15) is 21.9 Å². The van der Waals surface area contributed by atoms with E-state index in [2.05, 4.69) is 5.32 Å². The van der Waals surface area contributed by atoms with Crippen LogP contribution in [0.2, 0.25) is 0 Å². The zero-order valence-electron chi connectivity index (χ0n) is 10.6. The Bertz CT molecular complexity index is 653. The number of hydrogen-bond acceptors (Lipinski definition) is 4. The lowest BCUT2D eigenvalue weighted by Gasteiger charge is -2.09. The second-order valence-electron chi connectivity index (χ2n) is 3.89. The zero-order chi connectivity index (χ0) is 13.8. The van der Waals surface area contributed by atoms with Crippen LogP contribution in [-0.2, 0) is 0 Å². The molecule has 19 heavy (non-hydrogen) atoms. The monoisotopic (exact) mass is 256 g/mol. The predicted molar refractivity (Wildman–Crippen MR) is 69.1 cm³/mol. The Labute approximate surface area is 110 Å². The van der Waals surface area contributed by atoms with Crippen LogP contribution in [0.4, 0.5) is 5.69 Å². The summed E-state index contributed by atoms with van der Waals surface area (Å²) < 4.78 is 10.4. The van der Waals surface area contributed by atoms with Crippen molar-refractivity contribution in [2.45, 2.75) is 6.92 Å². The van der Waals surface area contributed by atoms with Crippen molar-refractivity contribution in [1.29, 1.82) is 5.26 Å². The molecule has 0 spiro atoms. The third-order valence-corrected chi connectivity index (χ3v) is 2.54. The number of ether oxygens (including phenoxy) is 1. The van der Waals surface area contributed by atoms with Gasteiger partial charge >= 0.3 is 0 Å². The fraction of sp³-hybridized carbons (Fsp3) is 0.143. The van der Waals surface area contributed by atoms with E-state index in [0.29, 0.717) is 22.8 Å². The van der Waals surface area contributed by atoms with E-state index in [1.165, 1.54) is 7.11 Å². The van der Waals surface area contributed by atoms with E-state index >= 15 is 0 Å². The fourth-order valence-corrected chi connectivity index (χ4v) is 1.60. The average Bonchev–Trinajstić information content (AvgIpc) is 2.86. The summed E-state index contributed by atoms with van der Waals surface area (Å²) in [6, 6.07) is 10.1. The highest BCUT2D eigenvalue weighted by Crippen LogP contribution is 2.26. The molecule has 0 saturated carbocycles. The zero-order valence-corrected chi connectivity index (χ0v) is 10.6. The second-order valence-corrected chi connectivity index (χ2v) is 3.89. The van der Waals surface area contributed by atoms with E-state index in [9.17, 15) is 4.79 Å². The lowest BCUT2D eigenvalue weighted by atomic mass is 10.2. The van der Waals surface area contributed by atoms with Crippen molar-refractivity contribution in [3.8, 4) is 11.8 Å². The van der Waals surface area contributed by atoms with Crippen molar-refractivity contribution in [2.24, 2.45) is 0 Å². The molecule has 5 heteroatoms. The van der Waals surface area contributed by atoms with Crippen molar-refractivity contribution in [2.75, 3.05) is 12.4 Å². The van der Waals surface area contributed by atoms with Crippen LogP contribution in [0.15, 0.2) is 34.7 Å². The number of nitrogens with zero attached hydrogens (tertiary/aromatic N) is 1. The third kappa shape index (κ3) is 2.75. The summed E-state index contributed by atoms with van der Waals surface area (Å²) in [4.78, 5) is 11.9. The molecule has 2 rings (SSSR count). The number of methoxy groups -OCH3 is 1. The van der Waals surface area contributed by atoms with E-state index in [0.717, 1.165) is 0 Å². The van der Waals surface area contributed by atoms with Gasteiger partial charge in [-0.2, -0.15) is 5.26 Å². The number of aryl methyl sites for hydroxylation is 1. The van der Waals surface area contributed by atoms with Gasteiger partial charge in [0.15, 0.2) is 5.76 Å². The minimum absolute atomic E-state index is 0.226. The molecule has 0 fully saturated rings. The molecule has 0 atom stereocenters. The standard InChI is InChI=1S/C14H12N2O3/c1-9-3-6-12(19-9)14(17)16-11-5-4-10(8-15)7-13(11)18-2/h3-7H,1-2H3,(H,16,17). The molecule has 0 aliphatic rings. The molecule has 0 unspecified atom stereocenters. The summed E-state index contributed by atoms with van der Waals surface area (Å²) in [6.07, 6.45) is 0. The van der Waals surface area contributed by atoms with Gasteiger partial charge in [-0.1, -0.05) is 0 Å². The summed E-state index contributed by atoms with van der Waals surface area (Å²) in [5.41, 5.74) is 0.948. The summed E-state index contributed by atoms with van der Waals surface area (Å²) in [5, 5.41) is 11.5. The number of hydrogen-bond donors (Lipinski definition) is 1. The second kappa shape index (κ2) is 5.27. The van der Waals surface area contributed by atoms with Gasteiger partial charge in [-0.25, -0.2) is 0 Å². The highest BCUT2D eigenvalue weighted by atomic mass is 16.5. The first-order chi connectivity index (χ1) is 9.13. The smallest absolute Gasteiger partial charge is 0.291 e. The molecule has 0 bridgehead atoms. The Morgan fingerprint density at radius 2 is 2.16 bits per heavy atom.